The maximum atomic E-state index is 12.1. The lowest BCUT2D eigenvalue weighted by Crippen LogP contribution is -2.26. The summed E-state index contributed by atoms with van der Waals surface area (Å²) in [5, 5.41) is 10.2. The van der Waals surface area contributed by atoms with Crippen LogP contribution in [0, 0.1) is 0 Å². The number of carbonyl (C=O) groups excluding carboxylic acids is 1. The van der Waals surface area contributed by atoms with Crippen LogP contribution in [0.1, 0.15) is 23.7 Å². The van der Waals surface area contributed by atoms with E-state index in [1.54, 1.807) is 24.7 Å². The van der Waals surface area contributed by atoms with E-state index in [0.717, 1.165) is 25.2 Å². The fourth-order valence-corrected chi connectivity index (χ4v) is 1.89. The Labute approximate surface area is 118 Å². The first kappa shape index (κ1) is 14.0. The van der Waals surface area contributed by atoms with Crippen molar-refractivity contribution in [2.75, 3.05) is 18.4 Å². The maximum Gasteiger partial charge on any atom is 0.253 e. The van der Waals surface area contributed by atoms with Crippen molar-refractivity contribution in [3.05, 3.63) is 42.5 Å². The van der Waals surface area contributed by atoms with E-state index >= 15 is 0 Å². The molecule has 2 heterocycles. The predicted molar refractivity (Wildman–Crippen MR) is 77.6 cm³/mol. The van der Waals surface area contributed by atoms with Crippen molar-refractivity contribution in [3.63, 3.8) is 0 Å². The number of amides is 1. The molecule has 6 nitrogen and oxygen atoms in total. The van der Waals surface area contributed by atoms with Crippen molar-refractivity contribution in [1.29, 1.82) is 0 Å². The van der Waals surface area contributed by atoms with Gasteiger partial charge >= 0.3 is 0 Å². The highest BCUT2D eigenvalue weighted by atomic mass is 16.1. The molecule has 0 aliphatic rings. The Morgan fingerprint density at radius 2 is 2.30 bits per heavy atom. The average Bonchev–Trinajstić information content (AvgIpc) is 2.97. The van der Waals surface area contributed by atoms with Gasteiger partial charge in [0.05, 0.1) is 17.4 Å². The molecule has 0 unspecified atom stereocenters. The molecule has 0 aliphatic heterocycles. The molecule has 0 atom stereocenters. The molecule has 0 saturated heterocycles. The molecule has 6 heteroatoms. The van der Waals surface area contributed by atoms with Crippen molar-refractivity contribution in [3.8, 4) is 0 Å². The first-order valence-corrected chi connectivity index (χ1v) is 6.74. The third kappa shape index (κ3) is 3.81. The number of aromatic nitrogens is 3. The Morgan fingerprint density at radius 3 is 3.05 bits per heavy atom. The zero-order valence-corrected chi connectivity index (χ0v) is 11.5. The van der Waals surface area contributed by atoms with Gasteiger partial charge in [0.25, 0.3) is 5.91 Å². The molecule has 106 valence electrons. The maximum absolute atomic E-state index is 12.1. The van der Waals surface area contributed by atoms with Gasteiger partial charge in [-0.3, -0.25) is 14.5 Å². The molecule has 2 N–H and O–H groups in total. The van der Waals surface area contributed by atoms with Gasteiger partial charge in [-0.15, -0.1) is 0 Å². The van der Waals surface area contributed by atoms with Gasteiger partial charge in [0.2, 0.25) is 0 Å². The molecule has 0 saturated carbocycles. The second-order valence-corrected chi connectivity index (χ2v) is 4.33. The van der Waals surface area contributed by atoms with Gasteiger partial charge in [0.15, 0.2) is 0 Å². The molecule has 0 aromatic carbocycles. The minimum atomic E-state index is -0.0798. The van der Waals surface area contributed by atoms with Gasteiger partial charge in [-0.05, 0) is 25.5 Å². The van der Waals surface area contributed by atoms with Crippen LogP contribution in [0.15, 0.2) is 36.9 Å². The van der Waals surface area contributed by atoms with Crippen molar-refractivity contribution in [2.45, 2.75) is 19.9 Å². The van der Waals surface area contributed by atoms with Crippen LogP contribution >= 0.6 is 0 Å². The van der Waals surface area contributed by atoms with E-state index in [4.69, 9.17) is 0 Å². The SMILES string of the molecule is CCNc1cnccc1C(=O)NCCCn1cccn1. The van der Waals surface area contributed by atoms with Crippen LogP contribution in [0.4, 0.5) is 5.69 Å². The van der Waals surface area contributed by atoms with Gasteiger partial charge < -0.3 is 10.6 Å². The van der Waals surface area contributed by atoms with Crippen LogP contribution in [-0.4, -0.2) is 33.8 Å². The fraction of sp³-hybridized carbons (Fsp3) is 0.357. The van der Waals surface area contributed by atoms with E-state index in [-0.39, 0.29) is 5.91 Å². The minimum absolute atomic E-state index is 0.0798. The number of anilines is 1. The first-order chi connectivity index (χ1) is 9.81. The van der Waals surface area contributed by atoms with Gasteiger partial charge in [-0.1, -0.05) is 0 Å². The van der Waals surface area contributed by atoms with Gasteiger partial charge in [0.1, 0.15) is 0 Å². The first-order valence-electron chi connectivity index (χ1n) is 6.74. The second-order valence-electron chi connectivity index (χ2n) is 4.33. The zero-order chi connectivity index (χ0) is 14.2. The Hall–Kier alpha value is -2.37. The quantitative estimate of drug-likeness (QED) is 0.750. The lowest BCUT2D eigenvalue weighted by molar-refractivity contribution is 0.0953. The topological polar surface area (TPSA) is 71.8 Å². The van der Waals surface area contributed by atoms with E-state index in [9.17, 15) is 4.79 Å². The number of carbonyl (C=O) groups is 1. The molecule has 0 aliphatic carbocycles. The summed E-state index contributed by atoms with van der Waals surface area (Å²) in [5.41, 5.74) is 1.39. The molecule has 20 heavy (non-hydrogen) atoms. The van der Waals surface area contributed by atoms with Gasteiger partial charge in [0, 0.05) is 38.2 Å². The minimum Gasteiger partial charge on any atom is -0.383 e. The third-order valence-electron chi connectivity index (χ3n) is 2.84. The monoisotopic (exact) mass is 273 g/mol. The largest absolute Gasteiger partial charge is 0.383 e. The van der Waals surface area contributed by atoms with E-state index in [1.807, 2.05) is 23.9 Å². The molecule has 0 fully saturated rings. The highest BCUT2D eigenvalue weighted by molar-refractivity contribution is 5.99. The summed E-state index contributed by atoms with van der Waals surface area (Å²) in [5.74, 6) is -0.0798. The summed E-state index contributed by atoms with van der Waals surface area (Å²) >= 11 is 0. The summed E-state index contributed by atoms with van der Waals surface area (Å²) in [7, 11) is 0. The van der Waals surface area contributed by atoms with E-state index in [1.165, 1.54) is 0 Å². The van der Waals surface area contributed by atoms with Crippen molar-refractivity contribution in [2.24, 2.45) is 0 Å². The molecule has 0 bridgehead atoms. The zero-order valence-electron chi connectivity index (χ0n) is 11.5. The summed E-state index contributed by atoms with van der Waals surface area (Å²) in [4.78, 5) is 16.1. The number of hydrogen-bond donors (Lipinski definition) is 2. The number of aryl methyl sites for hydroxylation is 1. The fourth-order valence-electron chi connectivity index (χ4n) is 1.89. The molecule has 1 amide bonds. The van der Waals surface area contributed by atoms with Crippen LogP contribution in [-0.2, 0) is 6.54 Å². The van der Waals surface area contributed by atoms with E-state index in [0.29, 0.717) is 12.1 Å². The summed E-state index contributed by atoms with van der Waals surface area (Å²) in [6.07, 6.45) is 7.79. The predicted octanol–water partition coefficient (Wildman–Crippen LogP) is 1.53. The van der Waals surface area contributed by atoms with Crippen LogP contribution in [0.3, 0.4) is 0 Å². The Bertz CT molecular complexity index is 538. The Morgan fingerprint density at radius 1 is 1.40 bits per heavy atom. The lowest BCUT2D eigenvalue weighted by Gasteiger charge is -2.10. The molecular formula is C14H19N5O. The van der Waals surface area contributed by atoms with E-state index in [2.05, 4.69) is 20.7 Å². The van der Waals surface area contributed by atoms with Gasteiger partial charge in [-0.2, -0.15) is 5.10 Å². The Balaban J connectivity index is 1.82. The summed E-state index contributed by atoms with van der Waals surface area (Å²) in [6, 6.07) is 3.61. The van der Waals surface area contributed by atoms with Crippen molar-refractivity contribution in [1.82, 2.24) is 20.1 Å². The summed E-state index contributed by atoms with van der Waals surface area (Å²) in [6.45, 7) is 4.15. The number of nitrogens with one attached hydrogen (secondary N) is 2. The van der Waals surface area contributed by atoms with Crippen molar-refractivity contribution >= 4 is 11.6 Å². The number of rotatable bonds is 7. The van der Waals surface area contributed by atoms with Crippen molar-refractivity contribution < 1.29 is 4.79 Å². The highest BCUT2D eigenvalue weighted by Gasteiger charge is 2.09. The molecule has 0 spiro atoms. The molecule has 2 rings (SSSR count). The molecule has 2 aromatic heterocycles. The number of hydrogen-bond acceptors (Lipinski definition) is 4. The standard InChI is InChI=1S/C14H19N5O/c1-2-16-13-11-15-8-5-12(13)14(20)17-6-3-9-19-10-4-7-18-19/h4-5,7-8,10-11,16H,2-3,6,9H2,1H3,(H,17,20). The highest BCUT2D eigenvalue weighted by Crippen LogP contribution is 2.12. The normalized spacial score (nSPS) is 10.2. The smallest absolute Gasteiger partial charge is 0.253 e. The van der Waals surface area contributed by atoms with Crippen LogP contribution in [0.2, 0.25) is 0 Å². The van der Waals surface area contributed by atoms with Crippen LogP contribution in [0.25, 0.3) is 0 Å². The average molecular weight is 273 g/mol. The summed E-state index contributed by atoms with van der Waals surface area (Å²) < 4.78 is 1.85. The third-order valence-corrected chi connectivity index (χ3v) is 2.84. The lowest BCUT2D eigenvalue weighted by atomic mass is 10.2. The molecular weight excluding hydrogens is 254 g/mol. The van der Waals surface area contributed by atoms with Crippen LogP contribution in [0.5, 0.6) is 0 Å². The number of nitrogens with zero attached hydrogens (tertiary/aromatic N) is 3. The molecule has 2 aromatic rings. The van der Waals surface area contributed by atoms with Crippen LogP contribution < -0.4 is 10.6 Å². The molecule has 0 radical (unpaired) electrons. The number of pyridine rings is 1. The Kier molecular flexibility index (Phi) is 5.11. The van der Waals surface area contributed by atoms with E-state index < -0.39 is 0 Å². The second kappa shape index (κ2) is 7.28. The van der Waals surface area contributed by atoms with Gasteiger partial charge in [-0.25, -0.2) is 0 Å².